The minimum atomic E-state index is -0.871. The minimum absolute atomic E-state index is 0.0186. The molecule has 1 fully saturated rings. The molecule has 6 rings (SSSR count). The summed E-state index contributed by atoms with van der Waals surface area (Å²) in [6, 6.07) is 23.1. The molecule has 0 aliphatic carbocycles. The van der Waals surface area contributed by atoms with Gasteiger partial charge in [0.15, 0.2) is 5.76 Å². The number of ether oxygens (including phenoxy) is 1. The van der Waals surface area contributed by atoms with E-state index in [-0.39, 0.29) is 23.6 Å². The molecule has 8 heteroatoms. The number of hydrogen-bond donors (Lipinski definition) is 1. The van der Waals surface area contributed by atoms with E-state index in [9.17, 15) is 14.7 Å². The van der Waals surface area contributed by atoms with Crippen molar-refractivity contribution in [3.8, 4) is 11.5 Å². The van der Waals surface area contributed by atoms with Crippen LogP contribution >= 0.6 is 0 Å². The number of para-hydroxylation sites is 1. The molecule has 40 heavy (non-hydrogen) atoms. The summed E-state index contributed by atoms with van der Waals surface area (Å²) in [5.74, 6) is -0.599. The molecule has 0 radical (unpaired) electrons. The molecule has 4 heterocycles. The number of amides is 1. The van der Waals surface area contributed by atoms with Crippen LogP contribution in [0.3, 0.4) is 0 Å². The van der Waals surface area contributed by atoms with Gasteiger partial charge in [0.05, 0.1) is 17.3 Å². The molecule has 3 aromatic heterocycles. The maximum Gasteiger partial charge on any atom is 0.295 e. The molecule has 1 aliphatic rings. The Hall–Kier alpha value is -5.24. The number of likely N-dealkylation sites (tertiary alicyclic amines) is 1. The number of carbonyl (C=O) groups is 2. The molecule has 0 spiro atoms. The van der Waals surface area contributed by atoms with Gasteiger partial charge >= 0.3 is 0 Å². The molecule has 0 saturated carbocycles. The lowest BCUT2D eigenvalue weighted by Gasteiger charge is -2.25. The number of rotatable bonds is 6. The molecule has 8 nitrogen and oxygen atoms in total. The van der Waals surface area contributed by atoms with Crippen molar-refractivity contribution < 1.29 is 19.4 Å². The van der Waals surface area contributed by atoms with Crippen molar-refractivity contribution in [2.75, 3.05) is 0 Å². The summed E-state index contributed by atoms with van der Waals surface area (Å²) in [5, 5.41) is 11.7. The topological polar surface area (TPSA) is 97.0 Å². The molecule has 1 saturated heterocycles. The van der Waals surface area contributed by atoms with Crippen LogP contribution in [-0.2, 0) is 16.1 Å². The SMILES string of the molecule is Cc1cccn2c(C)c(/C(O)=C3\C(=O)C(=O)N(Cc4cccnc4)C3c3cccc(Oc4ccccc4)c3)nc12. The third-order valence-corrected chi connectivity index (χ3v) is 7.08. The van der Waals surface area contributed by atoms with Crippen LogP contribution in [0.5, 0.6) is 11.5 Å². The van der Waals surface area contributed by atoms with Gasteiger partial charge in [-0.05, 0) is 66.9 Å². The zero-order valence-electron chi connectivity index (χ0n) is 22.0. The van der Waals surface area contributed by atoms with Gasteiger partial charge in [-0.25, -0.2) is 4.98 Å². The number of benzene rings is 2. The molecular weight excluding hydrogens is 504 g/mol. The van der Waals surface area contributed by atoms with Crippen LogP contribution in [0.15, 0.2) is 103 Å². The molecule has 0 bridgehead atoms. The van der Waals surface area contributed by atoms with Crippen molar-refractivity contribution in [3.63, 3.8) is 0 Å². The molecule has 1 unspecified atom stereocenters. The average Bonchev–Trinajstić information content (AvgIpc) is 3.44. The van der Waals surface area contributed by atoms with Gasteiger partial charge < -0.3 is 19.1 Å². The number of aliphatic hydroxyl groups is 1. The smallest absolute Gasteiger partial charge is 0.295 e. The molecule has 1 amide bonds. The largest absolute Gasteiger partial charge is 0.505 e. The first kappa shape index (κ1) is 25.1. The Bertz CT molecular complexity index is 1780. The second-order valence-corrected chi connectivity index (χ2v) is 9.71. The summed E-state index contributed by atoms with van der Waals surface area (Å²) in [6.45, 7) is 3.88. The van der Waals surface area contributed by atoms with Crippen molar-refractivity contribution >= 4 is 23.1 Å². The van der Waals surface area contributed by atoms with Crippen molar-refractivity contribution in [1.82, 2.24) is 19.3 Å². The summed E-state index contributed by atoms with van der Waals surface area (Å²) in [5.41, 5.74) is 3.87. The van der Waals surface area contributed by atoms with Gasteiger partial charge in [-0.15, -0.1) is 0 Å². The van der Waals surface area contributed by atoms with Crippen LogP contribution in [-0.4, -0.2) is 36.1 Å². The van der Waals surface area contributed by atoms with E-state index in [1.54, 1.807) is 36.7 Å². The number of aryl methyl sites for hydroxylation is 2. The van der Waals surface area contributed by atoms with Gasteiger partial charge in [0, 0.05) is 25.1 Å². The van der Waals surface area contributed by atoms with Crippen LogP contribution in [0.4, 0.5) is 0 Å². The van der Waals surface area contributed by atoms with Gasteiger partial charge in [0.2, 0.25) is 0 Å². The number of nitrogens with zero attached hydrogens (tertiary/aromatic N) is 4. The van der Waals surface area contributed by atoms with Crippen LogP contribution in [0.25, 0.3) is 11.4 Å². The third kappa shape index (κ3) is 4.39. The van der Waals surface area contributed by atoms with E-state index in [1.807, 2.05) is 79.0 Å². The summed E-state index contributed by atoms with van der Waals surface area (Å²) in [7, 11) is 0. The lowest BCUT2D eigenvalue weighted by molar-refractivity contribution is -0.140. The predicted octanol–water partition coefficient (Wildman–Crippen LogP) is 5.76. The zero-order chi connectivity index (χ0) is 27.8. The van der Waals surface area contributed by atoms with E-state index in [1.165, 1.54) is 4.90 Å². The maximum absolute atomic E-state index is 13.6. The minimum Gasteiger partial charge on any atom is -0.505 e. The molecule has 1 aliphatic heterocycles. The molecule has 198 valence electrons. The van der Waals surface area contributed by atoms with Gasteiger partial charge in [0.25, 0.3) is 11.7 Å². The van der Waals surface area contributed by atoms with E-state index < -0.39 is 17.7 Å². The second kappa shape index (κ2) is 10.1. The number of pyridine rings is 2. The number of Topliss-reactive ketones (excluding diaryl/α,β-unsaturated/α-hetero) is 1. The van der Waals surface area contributed by atoms with Gasteiger partial charge in [-0.3, -0.25) is 14.6 Å². The summed E-state index contributed by atoms with van der Waals surface area (Å²) in [4.78, 5) is 37.3. The zero-order valence-corrected chi connectivity index (χ0v) is 22.0. The van der Waals surface area contributed by atoms with Crippen LogP contribution in [0, 0.1) is 13.8 Å². The number of aliphatic hydroxyl groups excluding tert-OH is 1. The van der Waals surface area contributed by atoms with Gasteiger partial charge in [0.1, 0.15) is 22.8 Å². The van der Waals surface area contributed by atoms with E-state index in [0.29, 0.717) is 28.4 Å². The predicted molar refractivity (Wildman–Crippen MR) is 150 cm³/mol. The highest BCUT2D eigenvalue weighted by Crippen LogP contribution is 2.41. The number of hydrogen-bond acceptors (Lipinski definition) is 6. The molecule has 5 aromatic rings. The van der Waals surface area contributed by atoms with E-state index >= 15 is 0 Å². The first-order valence-electron chi connectivity index (χ1n) is 12.9. The Morgan fingerprint density at radius 3 is 2.50 bits per heavy atom. The Labute approximate surface area is 230 Å². The Balaban J connectivity index is 1.51. The maximum atomic E-state index is 13.6. The molecule has 1 atom stereocenters. The highest BCUT2D eigenvalue weighted by molar-refractivity contribution is 6.46. The quantitative estimate of drug-likeness (QED) is 0.170. The fourth-order valence-corrected chi connectivity index (χ4v) is 5.12. The van der Waals surface area contributed by atoms with Crippen LogP contribution in [0.2, 0.25) is 0 Å². The standard InChI is InChI=1S/C32H26N4O4/c1-20-9-8-16-35-21(2)27(34-31(20)35)29(37)26-28(36(32(39)30(26)38)19-22-10-7-15-33-18-22)23-11-6-14-25(17-23)40-24-12-4-3-5-13-24/h3-18,28,37H,19H2,1-2H3/b29-26+. The lowest BCUT2D eigenvalue weighted by atomic mass is 9.96. The second-order valence-electron chi connectivity index (χ2n) is 9.71. The van der Waals surface area contributed by atoms with Gasteiger partial charge in [-0.1, -0.05) is 42.5 Å². The molecule has 1 N–H and O–H groups in total. The van der Waals surface area contributed by atoms with Crippen molar-refractivity contribution in [3.05, 3.63) is 131 Å². The fraction of sp³-hybridized carbons (Fsp3) is 0.125. The number of aromatic nitrogens is 3. The summed E-state index contributed by atoms with van der Waals surface area (Å²) >= 11 is 0. The van der Waals surface area contributed by atoms with Crippen LogP contribution in [0.1, 0.15) is 34.1 Å². The fourth-order valence-electron chi connectivity index (χ4n) is 5.12. The Kier molecular flexibility index (Phi) is 6.36. The van der Waals surface area contributed by atoms with Gasteiger partial charge in [-0.2, -0.15) is 0 Å². The monoisotopic (exact) mass is 530 g/mol. The highest BCUT2D eigenvalue weighted by Gasteiger charge is 2.46. The summed E-state index contributed by atoms with van der Waals surface area (Å²) in [6.07, 6.45) is 5.15. The first-order valence-corrected chi connectivity index (χ1v) is 12.9. The van der Waals surface area contributed by atoms with Crippen molar-refractivity contribution in [2.45, 2.75) is 26.4 Å². The number of fused-ring (bicyclic) bond motifs is 1. The number of carbonyl (C=O) groups excluding carboxylic acids is 2. The molecular formula is C32H26N4O4. The highest BCUT2D eigenvalue weighted by atomic mass is 16.5. The lowest BCUT2D eigenvalue weighted by Crippen LogP contribution is -2.29. The average molecular weight is 531 g/mol. The van der Waals surface area contributed by atoms with Crippen molar-refractivity contribution in [1.29, 1.82) is 0 Å². The van der Waals surface area contributed by atoms with E-state index in [4.69, 9.17) is 4.74 Å². The first-order chi connectivity index (χ1) is 19.4. The van der Waals surface area contributed by atoms with E-state index in [0.717, 1.165) is 11.1 Å². The number of ketones is 1. The Morgan fingerprint density at radius 2 is 1.75 bits per heavy atom. The number of imidazole rings is 1. The Morgan fingerprint density at radius 1 is 0.950 bits per heavy atom. The molecule has 2 aromatic carbocycles. The van der Waals surface area contributed by atoms with Crippen molar-refractivity contribution in [2.24, 2.45) is 0 Å². The summed E-state index contributed by atoms with van der Waals surface area (Å²) < 4.78 is 7.91. The third-order valence-electron chi connectivity index (χ3n) is 7.08. The van der Waals surface area contributed by atoms with Crippen LogP contribution < -0.4 is 4.74 Å². The van der Waals surface area contributed by atoms with E-state index in [2.05, 4.69) is 9.97 Å². The normalized spacial score (nSPS) is 16.6.